The smallest absolute Gasteiger partial charge is 0.137 e. The minimum atomic E-state index is -0.260. The number of hydrogen-bond acceptors (Lipinski definition) is 3. The van der Waals surface area contributed by atoms with E-state index in [0.29, 0.717) is 0 Å². The van der Waals surface area contributed by atoms with E-state index >= 15 is 0 Å². The summed E-state index contributed by atoms with van der Waals surface area (Å²) in [7, 11) is 0. The molecule has 2 heterocycles. The van der Waals surface area contributed by atoms with Crippen molar-refractivity contribution in [1.82, 2.24) is 14.8 Å². The maximum atomic E-state index is 6.21. The highest BCUT2D eigenvalue weighted by Crippen LogP contribution is 2.47. The van der Waals surface area contributed by atoms with Gasteiger partial charge in [-0.05, 0) is 18.4 Å². The Labute approximate surface area is 113 Å². The Bertz CT molecular complexity index is 511. The van der Waals surface area contributed by atoms with Gasteiger partial charge in [0.1, 0.15) is 18.3 Å². The van der Waals surface area contributed by atoms with Crippen LogP contribution in [0.2, 0.25) is 0 Å². The molecule has 0 amide bonds. The molecule has 4 nitrogen and oxygen atoms in total. The molecule has 1 aliphatic heterocycles. The van der Waals surface area contributed by atoms with E-state index in [9.17, 15) is 0 Å². The molecule has 0 N–H and O–H groups in total. The van der Waals surface area contributed by atoms with Crippen molar-refractivity contribution in [2.24, 2.45) is 0 Å². The van der Waals surface area contributed by atoms with E-state index in [2.05, 4.69) is 41.3 Å². The summed E-state index contributed by atoms with van der Waals surface area (Å²) in [6.45, 7) is 2.98. The topological polar surface area (TPSA) is 39.9 Å². The van der Waals surface area contributed by atoms with Gasteiger partial charge in [0.25, 0.3) is 0 Å². The number of hydrogen-bond donors (Lipinski definition) is 0. The van der Waals surface area contributed by atoms with Crippen molar-refractivity contribution in [1.29, 1.82) is 0 Å². The zero-order valence-electron chi connectivity index (χ0n) is 11.2. The van der Waals surface area contributed by atoms with Crippen molar-refractivity contribution in [3.63, 3.8) is 0 Å². The van der Waals surface area contributed by atoms with Crippen molar-refractivity contribution >= 4 is 0 Å². The van der Waals surface area contributed by atoms with Gasteiger partial charge in [-0.2, -0.15) is 5.10 Å². The third-order valence-electron chi connectivity index (χ3n) is 3.93. The summed E-state index contributed by atoms with van der Waals surface area (Å²) in [6, 6.07) is 10.7. The molecule has 19 heavy (non-hydrogen) atoms. The summed E-state index contributed by atoms with van der Waals surface area (Å²) >= 11 is 0. The molecule has 2 atom stereocenters. The number of ether oxygens (including phenoxy) is 1. The second-order valence-electron chi connectivity index (χ2n) is 5.03. The maximum absolute atomic E-state index is 6.21. The van der Waals surface area contributed by atoms with Crippen molar-refractivity contribution < 1.29 is 4.74 Å². The number of nitrogens with zero attached hydrogens (tertiary/aromatic N) is 3. The second-order valence-corrected chi connectivity index (χ2v) is 5.03. The Morgan fingerprint density at radius 1 is 1.37 bits per heavy atom. The highest BCUT2D eigenvalue weighted by Gasteiger charge is 2.46. The molecule has 0 aliphatic carbocycles. The van der Waals surface area contributed by atoms with Gasteiger partial charge in [-0.3, -0.25) is 0 Å². The van der Waals surface area contributed by atoms with Crippen molar-refractivity contribution in [3.05, 3.63) is 48.5 Å². The molecule has 1 saturated heterocycles. The van der Waals surface area contributed by atoms with E-state index in [-0.39, 0.29) is 11.6 Å². The molecule has 0 saturated carbocycles. The Kier molecular flexibility index (Phi) is 3.34. The minimum Gasteiger partial charge on any atom is -0.368 e. The summed E-state index contributed by atoms with van der Waals surface area (Å²) in [5, 5.41) is 4.33. The van der Waals surface area contributed by atoms with Crippen LogP contribution in [0.15, 0.2) is 43.0 Å². The van der Waals surface area contributed by atoms with Crippen molar-refractivity contribution in [2.45, 2.75) is 37.8 Å². The fourth-order valence-corrected chi connectivity index (χ4v) is 3.16. The van der Waals surface area contributed by atoms with Gasteiger partial charge in [-0.25, -0.2) is 9.67 Å². The predicted octanol–water partition coefficient (Wildman–Crippen LogP) is 2.94. The van der Waals surface area contributed by atoms with E-state index < -0.39 is 0 Å². The minimum absolute atomic E-state index is 0.234. The van der Waals surface area contributed by atoms with Gasteiger partial charge in [0, 0.05) is 0 Å². The summed E-state index contributed by atoms with van der Waals surface area (Å²) in [5.41, 5.74) is 0.985. The summed E-state index contributed by atoms with van der Waals surface area (Å²) in [6.07, 6.45) is 6.46. The third kappa shape index (κ3) is 2.06. The molecule has 4 heteroatoms. The standard InChI is InChI=1S/C15H19N3O/c1-2-9-15(13-6-4-3-5-7-13)14(8-10-19-15)18-12-16-11-17-18/h3-7,11-12,14H,2,8-10H2,1H3. The normalized spacial score (nSPS) is 26.7. The van der Waals surface area contributed by atoms with Gasteiger partial charge in [-0.15, -0.1) is 0 Å². The van der Waals surface area contributed by atoms with Crippen molar-refractivity contribution in [3.8, 4) is 0 Å². The molecule has 0 radical (unpaired) electrons. The second kappa shape index (κ2) is 5.13. The highest BCUT2D eigenvalue weighted by molar-refractivity contribution is 5.25. The lowest BCUT2D eigenvalue weighted by Gasteiger charge is -2.34. The number of benzene rings is 1. The number of aromatic nitrogens is 3. The molecule has 100 valence electrons. The van der Waals surface area contributed by atoms with Crippen molar-refractivity contribution in [2.75, 3.05) is 6.61 Å². The molecule has 2 unspecified atom stereocenters. The first-order chi connectivity index (χ1) is 9.37. The molecular formula is C15H19N3O. The van der Waals surface area contributed by atoms with E-state index in [1.807, 2.05) is 10.7 Å². The zero-order valence-corrected chi connectivity index (χ0v) is 11.2. The van der Waals surface area contributed by atoms with E-state index in [4.69, 9.17) is 4.74 Å². The Hall–Kier alpha value is -1.68. The third-order valence-corrected chi connectivity index (χ3v) is 3.93. The molecule has 3 rings (SSSR count). The molecule has 0 bridgehead atoms. The van der Waals surface area contributed by atoms with Gasteiger partial charge < -0.3 is 4.74 Å². The van der Waals surface area contributed by atoms with E-state index in [1.165, 1.54) is 5.56 Å². The molecule has 1 fully saturated rings. The van der Waals surface area contributed by atoms with Crippen LogP contribution < -0.4 is 0 Å². The van der Waals surface area contributed by atoms with Crippen LogP contribution in [0.3, 0.4) is 0 Å². The number of rotatable bonds is 4. The van der Waals surface area contributed by atoms with Gasteiger partial charge in [0.05, 0.1) is 12.6 Å². The average molecular weight is 257 g/mol. The van der Waals surface area contributed by atoms with Crippen LogP contribution in [-0.2, 0) is 10.3 Å². The van der Waals surface area contributed by atoms with Crippen LogP contribution in [0.5, 0.6) is 0 Å². The predicted molar refractivity (Wildman–Crippen MR) is 72.7 cm³/mol. The van der Waals surface area contributed by atoms with Crippen LogP contribution in [-0.4, -0.2) is 21.4 Å². The molecule has 1 aliphatic rings. The monoisotopic (exact) mass is 257 g/mol. The summed E-state index contributed by atoms with van der Waals surface area (Å²) in [5.74, 6) is 0. The van der Waals surface area contributed by atoms with Gasteiger partial charge in [0.15, 0.2) is 0 Å². The summed E-state index contributed by atoms with van der Waals surface area (Å²) < 4.78 is 8.17. The largest absolute Gasteiger partial charge is 0.368 e. The zero-order chi connectivity index (χ0) is 13.1. The van der Waals surface area contributed by atoms with E-state index in [0.717, 1.165) is 25.9 Å². The van der Waals surface area contributed by atoms with Crippen LogP contribution in [0.25, 0.3) is 0 Å². The lowest BCUT2D eigenvalue weighted by molar-refractivity contribution is -0.0334. The first-order valence-corrected chi connectivity index (χ1v) is 6.90. The lowest BCUT2D eigenvalue weighted by atomic mass is 9.83. The van der Waals surface area contributed by atoms with Crippen LogP contribution in [0.4, 0.5) is 0 Å². The first kappa shape index (κ1) is 12.4. The first-order valence-electron chi connectivity index (χ1n) is 6.90. The average Bonchev–Trinajstić information content (AvgIpc) is 3.09. The Morgan fingerprint density at radius 2 is 2.21 bits per heavy atom. The van der Waals surface area contributed by atoms with Crippen LogP contribution >= 0.6 is 0 Å². The van der Waals surface area contributed by atoms with Crippen LogP contribution in [0, 0.1) is 0 Å². The van der Waals surface area contributed by atoms with Crippen LogP contribution in [0.1, 0.15) is 37.8 Å². The summed E-state index contributed by atoms with van der Waals surface area (Å²) in [4.78, 5) is 4.08. The fraction of sp³-hybridized carbons (Fsp3) is 0.467. The quantitative estimate of drug-likeness (QED) is 0.845. The Morgan fingerprint density at radius 3 is 2.89 bits per heavy atom. The lowest BCUT2D eigenvalue weighted by Crippen LogP contribution is -2.34. The SMILES string of the molecule is CCCC1(c2ccccc2)OCCC1n1cncn1. The molecule has 0 spiro atoms. The molecule has 2 aromatic rings. The maximum Gasteiger partial charge on any atom is 0.137 e. The molecule has 1 aromatic carbocycles. The molecular weight excluding hydrogens is 238 g/mol. The van der Waals surface area contributed by atoms with Gasteiger partial charge >= 0.3 is 0 Å². The fourth-order valence-electron chi connectivity index (χ4n) is 3.16. The van der Waals surface area contributed by atoms with Gasteiger partial charge in [0.2, 0.25) is 0 Å². The highest BCUT2D eigenvalue weighted by atomic mass is 16.5. The Balaban J connectivity index is 2.04. The van der Waals surface area contributed by atoms with Gasteiger partial charge in [-0.1, -0.05) is 43.7 Å². The van der Waals surface area contributed by atoms with E-state index in [1.54, 1.807) is 12.7 Å². The molecule has 1 aromatic heterocycles.